The largest absolute Gasteiger partial charge is 0.468 e. The molecule has 0 fully saturated rings. The Labute approximate surface area is 117 Å². The maximum absolute atomic E-state index is 11.7. The van der Waals surface area contributed by atoms with Crippen molar-refractivity contribution in [1.29, 1.82) is 0 Å². The summed E-state index contributed by atoms with van der Waals surface area (Å²) in [5, 5.41) is 3.27. The second kappa shape index (κ2) is 7.54. The number of rotatable bonds is 6. The van der Waals surface area contributed by atoms with E-state index in [0.717, 1.165) is 16.5 Å². The number of nitrogens with one attached hydrogen (secondary N) is 1. The van der Waals surface area contributed by atoms with Gasteiger partial charge in [-0.1, -0.05) is 48.3 Å². The third-order valence-electron chi connectivity index (χ3n) is 3.08. The molecule has 3 nitrogen and oxygen atoms in total. The van der Waals surface area contributed by atoms with Crippen molar-refractivity contribution in [1.82, 2.24) is 5.32 Å². The fourth-order valence-corrected chi connectivity index (χ4v) is 2.20. The van der Waals surface area contributed by atoms with E-state index in [-0.39, 0.29) is 17.9 Å². The molecule has 1 rings (SSSR count). The highest BCUT2D eigenvalue weighted by Crippen LogP contribution is 2.13. The van der Waals surface area contributed by atoms with Crippen molar-refractivity contribution >= 4 is 21.9 Å². The topological polar surface area (TPSA) is 38.3 Å². The predicted molar refractivity (Wildman–Crippen MR) is 76.2 cm³/mol. The van der Waals surface area contributed by atoms with Crippen LogP contribution in [0.25, 0.3) is 0 Å². The molecule has 4 heteroatoms. The first kappa shape index (κ1) is 15.2. The number of benzene rings is 1. The molecule has 0 aliphatic rings. The first-order chi connectivity index (χ1) is 8.58. The van der Waals surface area contributed by atoms with Gasteiger partial charge < -0.3 is 10.1 Å². The quantitative estimate of drug-likeness (QED) is 0.820. The molecule has 1 aromatic carbocycles. The van der Waals surface area contributed by atoms with Crippen LogP contribution in [0, 0.1) is 5.92 Å². The van der Waals surface area contributed by atoms with E-state index in [2.05, 4.69) is 35.1 Å². The summed E-state index contributed by atoms with van der Waals surface area (Å²) in [6, 6.07) is 7.78. The minimum Gasteiger partial charge on any atom is -0.468 e. The molecule has 0 aliphatic heterocycles. The van der Waals surface area contributed by atoms with Gasteiger partial charge in [-0.2, -0.15) is 0 Å². The molecule has 0 amide bonds. The molecule has 0 saturated heterocycles. The molecule has 0 radical (unpaired) electrons. The molecule has 0 saturated carbocycles. The number of carbonyl (C=O) groups excluding carboxylic acids is 1. The van der Waals surface area contributed by atoms with Crippen LogP contribution in [0.3, 0.4) is 0 Å². The van der Waals surface area contributed by atoms with Crippen LogP contribution in [0.1, 0.15) is 25.8 Å². The van der Waals surface area contributed by atoms with E-state index < -0.39 is 0 Å². The molecule has 18 heavy (non-hydrogen) atoms. The zero-order valence-electron chi connectivity index (χ0n) is 11.1. The van der Waals surface area contributed by atoms with Gasteiger partial charge in [-0.3, -0.25) is 4.79 Å². The minimum atomic E-state index is -0.251. The minimum absolute atomic E-state index is 0.195. The Bertz CT molecular complexity index is 395. The molecular formula is C14H20BrNO2. The SMILES string of the molecule is CCC(C)C(NCc1cccc(Br)c1)C(=O)OC. The van der Waals surface area contributed by atoms with E-state index in [9.17, 15) is 4.79 Å². The fraction of sp³-hybridized carbons (Fsp3) is 0.500. The lowest BCUT2D eigenvalue weighted by Gasteiger charge is -2.22. The average Bonchev–Trinajstić information content (AvgIpc) is 2.38. The highest BCUT2D eigenvalue weighted by atomic mass is 79.9. The normalized spacial score (nSPS) is 14.0. The highest BCUT2D eigenvalue weighted by Gasteiger charge is 2.23. The number of ether oxygens (including phenoxy) is 1. The fourth-order valence-electron chi connectivity index (χ4n) is 1.75. The molecule has 0 spiro atoms. The van der Waals surface area contributed by atoms with Gasteiger partial charge in [0, 0.05) is 11.0 Å². The molecule has 2 unspecified atom stereocenters. The zero-order valence-corrected chi connectivity index (χ0v) is 12.7. The summed E-state index contributed by atoms with van der Waals surface area (Å²) in [6.07, 6.45) is 0.936. The van der Waals surface area contributed by atoms with Gasteiger partial charge in [0.25, 0.3) is 0 Å². The van der Waals surface area contributed by atoms with Crippen LogP contribution in [-0.2, 0) is 16.1 Å². The van der Waals surface area contributed by atoms with Crippen LogP contribution in [0.4, 0.5) is 0 Å². The van der Waals surface area contributed by atoms with Gasteiger partial charge in [0.1, 0.15) is 6.04 Å². The van der Waals surface area contributed by atoms with Crippen LogP contribution in [0.2, 0.25) is 0 Å². The molecule has 2 atom stereocenters. The number of hydrogen-bond acceptors (Lipinski definition) is 3. The van der Waals surface area contributed by atoms with E-state index in [4.69, 9.17) is 4.74 Å². The smallest absolute Gasteiger partial charge is 0.323 e. The monoisotopic (exact) mass is 313 g/mol. The van der Waals surface area contributed by atoms with Crippen molar-refractivity contribution in [2.75, 3.05) is 7.11 Å². The highest BCUT2D eigenvalue weighted by molar-refractivity contribution is 9.10. The van der Waals surface area contributed by atoms with Crippen molar-refractivity contribution in [3.8, 4) is 0 Å². The molecule has 100 valence electrons. The van der Waals surface area contributed by atoms with Crippen molar-refractivity contribution in [2.45, 2.75) is 32.9 Å². The van der Waals surface area contributed by atoms with Crippen LogP contribution in [0.15, 0.2) is 28.7 Å². The first-order valence-corrected chi connectivity index (χ1v) is 6.93. The number of methoxy groups -OCH3 is 1. The summed E-state index contributed by atoms with van der Waals surface area (Å²) in [5.41, 5.74) is 1.14. The van der Waals surface area contributed by atoms with Gasteiger partial charge in [0.05, 0.1) is 7.11 Å². The van der Waals surface area contributed by atoms with Gasteiger partial charge in [0.15, 0.2) is 0 Å². The van der Waals surface area contributed by atoms with Crippen molar-refractivity contribution in [2.24, 2.45) is 5.92 Å². The zero-order chi connectivity index (χ0) is 13.5. The van der Waals surface area contributed by atoms with Gasteiger partial charge in [-0.15, -0.1) is 0 Å². The van der Waals surface area contributed by atoms with E-state index in [0.29, 0.717) is 6.54 Å². The second-order valence-electron chi connectivity index (χ2n) is 4.40. The molecular weight excluding hydrogens is 294 g/mol. The predicted octanol–water partition coefficient (Wildman–Crippen LogP) is 3.13. The van der Waals surface area contributed by atoms with Gasteiger partial charge in [-0.25, -0.2) is 0 Å². The molecule has 1 aromatic rings. The average molecular weight is 314 g/mol. The van der Waals surface area contributed by atoms with Crippen molar-refractivity contribution in [3.63, 3.8) is 0 Å². The third kappa shape index (κ3) is 4.42. The first-order valence-electron chi connectivity index (χ1n) is 6.14. The maximum Gasteiger partial charge on any atom is 0.323 e. The molecule has 0 heterocycles. The summed E-state index contributed by atoms with van der Waals surface area (Å²) < 4.78 is 5.88. The van der Waals surface area contributed by atoms with E-state index in [1.54, 1.807) is 0 Å². The molecule has 0 aromatic heterocycles. The number of esters is 1. The van der Waals surface area contributed by atoms with E-state index >= 15 is 0 Å². The van der Waals surface area contributed by atoms with E-state index in [1.807, 2.05) is 24.3 Å². The Balaban J connectivity index is 2.64. The number of hydrogen-bond donors (Lipinski definition) is 1. The molecule has 1 N–H and O–H groups in total. The van der Waals surface area contributed by atoms with Crippen LogP contribution >= 0.6 is 15.9 Å². The van der Waals surface area contributed by atoms with Gasteiger partial charge >= 0.3 is 5.97 Å². The Morgan fingerprint density at radius 3 is 2.78 bits per heavy atom. The van der Waals surface area contributed by atoms with Crippen LogP contribution in [0.5, 0.6) is 0 Å². The van der Waals surface area contributed by atoms with Crippen molar-refractivity contribution < 1.29 is 9.53 Å². The lowest BCUT2D eigenvalue weighted by atomic mass is 9.99. The Morgan fingerprint density at radius 2 is 2.22 bits per heavy atom. The lowest BCUT2D eigenvalue weighted by molar-refractivity contribution is -0.144. The Hall–Kier alpha value is -0.870. The van der Waals surface area contributed by atoms with Crippen LogP contribution in [-0.4, -0.2) is 19.1 Å². The summed E-state index contributed by atoms with van der Waals surface area (Å²) >= 11 is 3.43. The summed E-state index contributed by atoms with van der Waals surface area (Å²) in [7, 11) is 1.43. The van der Waals surface area contributed by atoms with Crippen LogP contribution < -0.4 is 5.32 Å². The van der Waals surface area contributed by atoms with E-state index in [1.165, 1.54) is 7.11 Å². The lowest BCUT2D eigenvalue weighted by Crippen LogP contribution is -2.42. The number of halogens is 1. The maximum atomic E-state index is 11.7. The van der Waals surface area contributed by atoms with Crippen molar-refractivity contribution in [3.05, 3.63) is 34.3 Å². The van der Waals surface area contributed by atoms with Gasteiger partial charge in [0.2, 0.25) is 0 Å². The second-order valence-corrected chi connectivity index (χ2v) is 5.31. The van der Waals surface area contributed by atoms with Gasteiger partial charge in [-0.05, 0) is 23.6 Å². The summed E-state index contributed by atoms with van der Waals surface area (Å²) in [6.45, 7) is 4.78. The Morgan fingerprint density at radius 1 is 1.50 bits per heavy atom. The standard InChI is InChI=1S/C14H20BrNO2/c1-4-10(2)13(14(17)18-3)16-9-11-6-5-7-12(15)8-11/h5-8,10,13,16H,4,9H2,1-3H3. The Kier molecular flexibility index (Phi) is 6.36. The third-order valence-corrected chi connectivity index (χ3v) is 3.58. The summed E-state index contributed by atoms with van der Waals surface area (Å²) in [5.74, 6) is 0.0592. The number of carbonyl (C=O) groups is 1. The summed E-state index contributed by atoms with van der Waals surface area (Å²) in [4.78, 5) is 11.7. The molecule has 0 bridgehead atoms. The molecule has 0 aliphatic carbocycles.